The van der Waals surface area contributed by atoms with Gasteiger partial charge >= 0.3 is 0 Å². The van der Waals surface area contributed by atoms with Crippen LogP contribution in [-0.4, -0.2) is 19.6 Å². The molecule has 0 saturated heterocycles. The van der Waals surface area contributed by atoms with Crippen LogP contribution in [0.2, 0.25) is 0 Å². The quantitative estimate of drug-likeness (QED) is 0.167. The van der Waals surface area contributed by atoms with Gasteiger partial charge in [-0.1, -0.05) is 153 Å². The van der Waals surface area contributed by atoms with E-state index in [-0.39, 0.29) is 22.1 Å². The highest BCUT2D eigenvalue weighted by Crippen LogP contribution is 2.43. The molecule has 0 aliphatic carbocycles. The lowest BCUT2D eigenvalue weighted by Crippen LogP contribution is -2.16. The van der Waals surface area contributed by atoms with Gasteiger partial charge in [-0.2, -0.15) is 0 Å². The van der Waals surface area contributed by atoms with Crippen LogP contribution in [-0.2, 0) is 16.2 Å². The van der Waals surface area contributed by atoms with Crippen molar-refractivity contribution in [3.63, 3.8) is 0 Å². The number of pyridine rings is 1. The summed E-state index contributed by atoms with van der Waals surface area (Å²) in [4.78, 5) is 10.2. The van der Waals surface area contributed by atoms with Gasteiger partial charge in [-0.15, -0.1) is 0 Å². The summed E-state index contributed by atoms with van der Waals surface area (Å²) in [7, 11) is 0. The summed E-state index contributed by atoms with van der Waals surface area (Å²) in [6, 6.07) is 46.2. The summed E-state index contributed by atoms with van der Waals surface area (Å²) in [5.41, 5.74) is 8.29. The average Bonchev–Trinajstić information content (AvgIpc) is 3.67. The Labute approximate surface area is 362 Å². The van der Waals surface area contributed by atoms with Gasteiger partial charge in [0.2, 0.25) is 0 Å². The summed E-state index contributed by atoms with van der Waals surface area (Å²) in [6.45, 7) is 3.09. The van der Waals surface area contributed by atoms with Gasteiger partial charge in [-0.3, -0.25) is 9.55 Å². The van der Waals surface area contributed by atoms with Crippen molar-refractivity contribution in [1.29, 1.82) is 0 Å². The SMILES string of the molecule is [2H]C([2H])([2H])C(c1ccc(-c2ccnc(-c3cc(-c4cccc5c4nc(-c4ccccc4O)n5-c4ccc(C(C)(C)CC)cc4-c4ccccc4)cc(C(C)(C)C)c3)c2)cc1)(C([2H])([2H])[2H])C([2H])([2H])[2H]. The van der Waals surface area contributed by atoms with Crippen molar-refractivity contribution in [3.8, 4) is 67.5 Å². The second-order valence-electron chi connectivity index (χ2n) is 17.1. The average molecular weight is 783 g/mol. The maximum atomic E-state index is 11.4. The predicted octanol–water partition coefficient (Wildman–Crippen LogP) is 14.7. The van der Waals surface area contributed by atoms with E-state index in [4.69, 9.17) is 22.3 Å². The van der Waals surface area contributed by atoms with Gasteiger partial charge < -0.3 is 5.11 Å². The van der Waals surface area contributed by atoms with Gasteiger partial charge in [0.1, 0.15) is 11.6 Å². The lowest BCUT2D eigenvalue weighted by Gasteiger charge is -2.25. The molecule has 296 valence electrons. The zero-order valence-corrected chi connectivity index (χ0v) is 34.4. The number of fused-ring (bicyclic) bond motifs is 1. The van der Waals surface area contributed by atoms with E-state index in [1.807, 2.05) is 42.5 Å². The van der Waals surface area contributed by atoms with E-state index in [1.54, 1.807) is 36.5 Å². The Hall–Kier alpha value is -6.26. The monoisotopic (exact) mass is 782 g/mol. The van der Waals surface area contributed by atoms with E-state index in [0.717, 1.165) is 56.5 Å². The van der Waals surface area contributed by atoms with E-state index >= 15 is 0 Å². The molecular weight excluding hydrogens is 719 g/mol. The number of hydrogen-bond donors (Lipinski definition) is 1. The minimum Gasteiger partial charge on any atom is -0.507 e. The maximum absolute atomic E-state index is 11.4. The number of imidazole rings is 1. The highest BCUT2D eigenvalue weighted by atomic mass is 16.3. The maximum Gasteiger partial charge on any atom is 0.149 e. The summed E-state index contributed by atoms with van der Waals surface area (Å²) >= 11 is 0. The number of para-hydroxylation sites is 2. The van der Waals surface area contributed by atoms with Crippen LogP contribution in [0.3, 0.4) is 0 Å². The molecule has 0 fully saturated rings. The Morgan fingerprint density at radius 3 is 1.97 bits per heavy atom. The molecule has 0 bridgehead atoms. The van der Waals surface area contributed by atoms with Crippen molar-refractivity contribution in [1.82, 2.24) is 14.5 Å². The molecule has 0 atom stereocenters. The lowest BCUT2D eigenvalue weighted by atomic mass is 9.81. The first-order valence-electron chi connectivity index (χ1n) is 24.6. The smallest absolute Gasteiger partial charge is 0.149 e. The fraction of sp³-hybridized carbons (Fsp3) is 0.236. The molecule has 0 amide bonds. The number of nitrogens with zero attached hydrogens (tertiary/aromatic N) is 3. The number of phenolic OH excluding ortho intramolecular Hbond substituents is 1. The second-order valence-corrected chi connectivity index (χ2v) is 17.1. The Kier molecular flexibility index (Phi) is 7.68. The van der Waals surface area contributed by atoms with Crippen LogP contribution >= 0.6 is 0 Å². The molecule has 4 heteroatoms. The van der Waals surface area contributed by atoms with Crippen molar-refractivity contribution in [2.75, 3.05) is 0 Å². The second kappa shape index (κ2) is 15.2. The first-order valence-corrected chi connectivity index (χ1v) is 20.1. The van der Waals surface area contributed by atoms with Gasteiger partial charge in [-0.25, -0.2) is 4.98 Å². The molecule has 0 aliphatic heterocycles. The van der Waals surface area contributed by atoms with Gasteiger partial charge in [0.15, 0.2) is 0 Å². The van der Waals surface area contributed by atoms with Gasteiger partial charge in [0.05, 0.1) is 28.0 Å². The minimum absolute atomic E-state index is 0.0708. The number of hydrogen-bond acceptors (Lipinski definition) is 3. The normalized spacial score (nSPS) is 15.2. The van der Waals surface area contributed by atoms with E-state index < -0.39 is 26.0 Å². The first kappa shape index (κ1) is 29.9. The molecule has 0 aliphatic rings. The Balaban J connectivity index is 1.31. The number of aromatic hydroxyl groups is 1. The predicted molar refractivity (Wildman–Crippen MR) is 248 cm³/mol. The third-order valence-electron chi connectivity index (χ3n) is 11.6. The number of aromatic nitrogens is 3. The number of benzene rings is 6. The minimum atomic E-state index is -3.36. The van der Waals surface area contributed by atoms with E-state index in [1.165, 1.54) is 17.7 Å². The van der Waals surface area contributed by atoms with Gasteiger partial charge in [0.25, 0.3) is 0 Å². The van der Waals surface area contributed by atoms with Crippen molar-refractivity contribution in [2.24, 2.45) is 0 Å². The molecule has 0 radical (unpaired) electrons. The molecular formula is C55H55N3O. The Morgan fingerprint density at radius 2 is 1.25 bits per heavy atom. The van der Waals surface area contributed by atoms with E-state index in [9.17, 15) is 5.11 Å². The fourth-order valence-corrected chi connectivity index (χ4v) is 7.67. The molecule has 1 N–H and O–H groups in total. The van der Waals surface area contributed by atoms with Crippen molar-refractivity contribution in [2.45, 2.75) is 84.8 Å². The lowest BCUT2D eigenvalue weighted by molar-refractivity contribution is 0.477. The molecule has 0 saturated carbocycles. The van der Waals surface area contributed by atoms with E-state index in [0.29, 0.717) is 28.2 Å². The summed E-state index contributed by atoms with van der Waals surface area (Å²) < 4.78 is 75.7. The topological polar surface area (TPSA) is 50.9 Å². The highest BCUT2D eigenvalue weighted by molar-refractivity contribution is 5.97. The zero-order valence-electron chi connectivity index (χ0n) is 43.4. The molecule has 6 aromatic carbocycles. The van der Waals surface area contributed by atoms with Crippen LogP contribution in [0.1, 0.15) is 97.5 Å². The summed E-state index contributed by atoms with van der Waals surface area (Å²) in [6.07, 6.45) is 2.64. The number of rotatable bonds is 8. The summed E-state index contributed by atoms with van der Waals surface area (Å²) in [5.74, 6) is 0.700. The molecule has 8 rings (SSSR count). The van der Waals surface area contributed by atoms with Crippen molar-refractivity contribution in [3.05, 3.63) is 168 Å². The van der Waals surface area contributed by atoms with Crippen molar-refractivity contribution < 1.29 is 17.4 Å². The standard InChI is InChI=1S/C55H55N3O/c1-10-55(8,9)42-27-28-48(46(35-42)37-17-12-11-13-18-37)58-49-21-16-20-44(51(49)57-52(58)45-19-14-15-22-50(45)59)39-31-40(33-43(32-39)54(5,6)7)47-34-38(29-30-56-47)36-23-25-41(26-24-36)53(2,3)4/h11-35,59H,10H2,1-9H3/i2D3,3D3,4D3. The number of phenols is 1. The molecule has 0 unspecified atom stereocenters. The van der Waals surface area contributed by atoms with Crippen molar-refractivity contribution >= 4 is 11.0 Å². The van der Waals surface area contributed by atoms with Gasteiger partial charge in [0, 0.05) is 35.2 Å². The fourth-order valence-electron chi connectivity index (χ4n) is 7.67. The Bertz CT molecular complexity index is 3100. The molecule has 4 nitrogen and oxygen atoms in total. The van der Waals surface area contributed by atoms with Crippen LogP contribution in [0.4, 0.5) is 0 Å². The van der Waals surface area contributed by atoms with Crippen LogP contribution in [0.15, 0.2) is 152 Å². The molecule has 2 heterocycles. The van der Waals surface area contributed by atoms with Crippen LogP contribution in [0.25, 0.3) is 72.7 Å². The Morgan fingerprint density at radius 1 is 0.559 bits per heavy atom. The van der Waals surface area contributed by atoms with Gasteiger partial charge in [-0.05, 0) is 116 Å². The van der Waals surface area contributed by atoms with Crippen LogP contribution in [0, 0.1) is 0 Å². The third-order valence-corrected chi connectivity index (χ3v) is 11.6. The van der Waals surface area contributed by atoms with Crippen LogP contribution in [0.5, 0.6) is 5.75 Å². The largest absolute Gasteiger partial charge is 0.507 e. The van der Waals surface area contributed by atoms with Crippen LogP contribution < -0.4 is 0 Å². The molecule has 0 spiro atoms. The molecule has 2 aromatic heterocycles. The van der Waals surface area contributed by atoms with E-state index in [2.05, 4.69) is 107 Å². The first-order chi connectivity index (χ1) is 31.9. The summed E-state index contributed by atoms with van der Waals surface area (Å²) in [5, 5.41) is 11.4. The molecule has 59 heavy (non-hydrogen) atoms. The molecule has 8 aromatic rings. The highest BCUT2D eigenvalue weighted by Gasteiger charge is 2.26. The third kappa shape index (κ3) is 7.72. The zero-order chi connectivity index (χ0) is 49.2.